The van der Waals surface area contributed by atoms with E-state index < -0.39 is 5.91 Å². The van der Waals surface area contributed by atoms with Crippen LogP contribution in [0.4, 0.5) is 11.4 Å². The maximum Gasteiger partial charge on any atom is 0.292 e. The van der Waals surface area contributed by atoms with Gasteiger partial charge in [-0.2, -0.15) is 5.10 Å². The van der Waals surface area contributed by atoms with Crippen molar-refractivity contribution in [3.05, 3.63) is 34.2 Å². The molecule has 0 radical (unpaired) electrons. The van der Waals surface area contributed by atoms with E-state index in [4.69, 9.17) is 18.9 Å². The molecule has 1 aliphatic rings. The van der Waals surface area contributed by atoms with Crippen LogP contribution < -0.4 is 30.0 Å². The smallest absolute Gasteiger partial charge is 0.292 e. The molecule has 1 amide bonds. The molecule has 162 valence electrons. The summed E-state index contributed by atoms with van der Waals surface area (Å²) in [6, 6.07) is 3.09. The highest BCUT2D eigenvalue weighted by atomic mass is 16.5. The van der Waals surface area contributed by atoms with Crippen LogP contribution in [0.5, 0.6) is 17.2 Å². The fourth-order valence-electron chi connectivity index (χ4n) is 3.29. The van der Waals surface area contributed by atoms with Crippen LogP contribution in [0, 0.1) is 0 Å². The van der Waals surface area contributed by atoms with Crippen LogP contribution in [0.25, 0.3) is 0 Å². The summed E-state index contributed by atoms with van der Waals surface area (Å²) in [7, 11) is 4.44. The van der Waals surface area contributed by atoms with E-state index in [1.54, 1.807) is 12.1 Å². The van der Waals surface area contributed by atoms with E-state index in [-0.39, 0.29) is 11.1 Å². The predicted octanol–water partition coefficient (Wildman–Crippen LogP) is 1.38. The number of benzene rings is 1. The van der Waals surface area contributed by atoms with E-state index in [9.17, 15) is 9.59 Å². The van der Waals surface area contributed by atoms with Crippen molar-refractivity contribution in [1.82, 2.24) is 9.78 Å². The second-order valence-corrected chi connectivity index (χ2v) is 6.50. The lowest BCUT2D eigenvalue weighted by Crippen LogP contribution is -2.41. The van der Waals surface area contributed by atoms with Crippen molar-refractivity contribution in [2.24, 2.45) is 0 Å². The first kappa shape index (κ1) is 21.4. The van der Waals surface area contributed by atoms with Gasteiger partial charge in [-0.3, -0.25) is 9.59 Å². The molecule has 0 unspecified atom stereocenters. The van der Waals surface area contributed by atoms with Gasteiger partial charge in [-0.05, 0) is 19.1 Å². The number of hydrogen-bond donors (Lipinski definition) is 1. The minimum Gasteiger partial charge on any atom is -0.493 e. The molecule has 0 aliphatic carbocycles. The van der Waals surface area contributed by atoms with Gasteiger partial charge >= 0.3 is 0 Å². The van der Waals surface area contributed by atoms with Gasteiger partial charge in [0.25, 0.3) is 11.5 Å². The zero-order valence-electron chi connectivity index (χ0n) is 17.6. The molecular weight excluding hydrogens is 392 g/mol. The third-order valence-electron chi connectivity index (χ3n) is 4.82. The van der Waals surface area contributed by atoms with Crippen molar-refractivity contribution in [2.75, 3.05) is 57.8 Å². The quantitative estimate of drug-likeness (QED) is 0.719. The average molecular weight is 418 g/mol. The minimum atomic E-state index is -0.431. The molecule has 1 N–H and O–H groups in total. The number of carbonyl (C=O) groups excluding carboxylic acids is 1. The predicted molar refractivity (Wildman–Crippen MR) is 111 cm³/mol. The van der Waals surface area contributed by atoms with Gasteiger partial charge in [-0.1, -0.05) is 0 Å². The van der Waals surface area contributed by atoms with E-state index in [1.807, 2.05) is 11.8 Å². The highest BCUT2D eigenvalue weighted by Gasteiger charge is 2.23. The average Bonchev–Trinajstić information content (AvgIpc) is 2.78. The second-order valence-electron chi connectivity index (χ2n) is 6.50. The van der Waals surface area contributed by atoms with Gasteiger partial charge in [-0.15, -0.1) is 0 Å². The normalized spacial score (nSPS) is 13.7. The molecule has 0 atom stereocenters. The van der Waals surface area contributed by atoms with Gasteiger partial charge in [0.05, 0.1) is 46.4 Å². The van der Waals surface area contributed by atoms with Gasteiger partial charge in [0.15, 0.2) is 11.5 Å². The Bertz CT molecular complexity index is 943. The van der Waals surface area contributed by atoms with Gasteiger partial charge in [0, 0.05) is 25.2 Å². The summed E-state index contributed by atoms with van der Waals surface area (Å²) in [5.41, 5.74) is 0.764. The molecule has 0 saturated carbocycles. The van der Waals surface area contributed by atoms with Crippen LogP contribution in [-0.2, 0) is 11.3 Å². The molecular formula is C20H26N4O6. The van der Waals surface area contributed by atoms with E-state index in [2.05, 4.69) is 10.4 Å². The SMILES string of the molecule is CCn1ncc(NC(=O)c2cc(OC)c(OC)c(OC)c2)c(N2CCOCC2)c1=O. The molecule has 30 heavy (non-hydrogen) atoms. The van der Waals surface area contributed by atoms with E-state index in [1.165, 1.54) is 32.2 Å². The summed E-state index contributed by atoms with van der Waals surface area (Å²) >= 11 is 0. The number of amides is 1. The summed E-state index contributed by atoms with van der Waals surface area (Å²) in [6.07, 6.45) is 1.49. The number of aryl methyl sites for hydroxylation is 1. The molecule has 0 bridgehead atoms. The van der Waals surface area contributed by atoms with E-state index in [0.29, 0.717) is 61.5 Å². The van der Waals surface area contributed by atoms with Crippen LogP contribution >= 0.6 is 0 Å². The summed E-state index contributed by atoms with van der Waals surface area (Å²) < 4.78 is 22.7. The lowest BCUT2D eigenvalue weighted by molar-refractivity contribution is 0.102. The zero-order chi connectivity index (χ0) is 21.7. The maximum absolute atomic E-state index is 13.0. The summed E-state index contributed by atoms with van der Waals surface area (Å²) in [5.74, 6) is 0.668. The lowest BCUT2D eigenvalue weighted by Gasteiger charge is -2.30. The van der Waals surface area contributed by atoms with Crippen molar-refractivity contribution in [3.63, 3.8) is 0 Å². The number of nitrogens with one attached hydrogen (secondary N) is 1. The number of carbonyl (C=O) groups is 1. The molecule has 0 spiro atoms. The maximum atomic E-state index is 13.0. The van der Waals surface area contributed by atoms with Crippen molar-refractivity contribution >= 4 is 17.3 Å². The fourth-order valence-corrected chi connectivity index (χ4v) is 3.29. The Morgan fingerprint density at radius 1 is 1.13 bits per heavy atom. The molecule has 10 nitrogen and oxygen atoms in total. The number of hydrogen-bond acceptors (Lipinski definition) is 8. The lowest BCUT2D eigenvalue weighted by atomic mass is 10.1. The molecule has 1 aromatic carbocycles. The Balaban J connectivity index is 1.99. The highest BCUT2D eigenvalue weighted by molar-refractivity contribution is 6.06. The Labute approximate surface area is 174 Å². The third-order valence-corrected chi connectivity index (χ3v) is 4.82. The van der Waals surface area contributed by atoms with Crippen LogP contribution in [0.3, 0.4) is 0 Å². The van der Waals surface area contributed by atoms with Crippen molar-refractivity contribution in [3.8, 4) is 17.2 Å². The number of aromatic nitrogens is 2. The molecule has 1 aromatic heterocycles. The van der Waals surface area contributed by atoms with Gasteiger partial charge < -0.3 is 29.2 Å². The summed E-state index contributed by atoms with van der Waals surface area (Å²) in [5, 5.41) is 6.96. The molecule has 3 rings (SSSR count). The number of rotatable bonds is 7. The van der Waals surface area contributed by atoms with Crippen LogP contribution in [0.15, 0.2) is 23.1 Å². The van der Waals surface area contributed by atoms with Crippen LogP contribution in [0.2, 0.25) is 0 Å². The van der Waals surface area contributed by atoms with Gasteiger partial charge in [-0.25, -0.2) is 4.68 Å². The number of methoxy groups -OCH3 is 3. The summed E-state index contributed by atoms with van der Waals surface area (Å²) in [4.78, 5) is 27.8. The van der Waals surface area contributed by atoms with Gasteiger partial charge in [0.1, 0.15) is 5.69 Å². The Hall–Kier alpha value is -3.27. The van der Waals surface area contributed by atoms with Crippen LogP contribution in [-0.4, -0.2) is 63.3 Å². The molecule has 1 aliphatic heterocycles. The largest absolute Gasteiger partial charge is 0.493 e. The zero-order valence-corrected chi connectivity index (χ0v) is 17.6. The molecule has 1 saturated heterocycles. The number of nitrogens with zero attached hydrogens (tertiary/aromatic N) is 3. The summed E-state index contributed by atoms with van der Waals surface area (Å²) in [6.45, 7) is 4.39. The highest BCUT2D eigenvalue weighted by Crippen LogP contribution is 2.38. The number of morpholine rings is 1. The number of ether oxygens (including phenoxy) is 4. The first-order valence-electron chi connectivity index (χ1n) is 9.58. The van der Waals surface area contributed by atoms with Crippen molar-refractivity contribution in [2.45, 2.75) is 13.5 Å². The third kappa shape index (κ3) is 4.18. The van der Waals surface area contributed by atoms with E-state index >= 15 is 0 Å². The van der Waals surface area contributed by atoms with E-state index in [0.717, 1.165) is 0 Å². The first-order valence-corrected chi connectivity index (χ1v) is 9.58. The second kappa shape index (κ2) is 9.49. The van der Waals surface area contributed by atoms with Crippen molar-refractivity contribution in [1.29, 1.82) is 0 Å². The number of anilines is 2. The molecule has 2 heterocycles. The fraction of sp³-hybridized carbons (Fsp3) is 0.450. The Morgan fingerprint density at radius 2 is 1.77 bits per heavy atom. The monoisotopic (exact) mass is 418 g/mol. The standard InChI is InChI=1S/C20H26N4O6/c1-5-24-20(26)17(23-6-8-30-9-7-23)14(12-21-24)22-19(25)13-10-15(27-2)18(29-4)16(11-13)28-3/h10-12H,5-9H2,1-4H3,(H,22,25). The first-order chi connectivity index (χ1) is 14.5. The Morgan fingerprint density at radius 3 is 2.30 bits per heavy atom. The van der Waals surface area contributed by atoms with Crippen LogP contribution in [0.1, 0.15) is 17.3 Å². The minimum absolute atomic E-state index is 0.262. The molecule has 10 heteroatoms. The topological polar surface area (TPSA) is 104 Å². The van der Waals surface area contributed by atoms with Gasteiger partial charge in [0.2, 0.25) is 5.75 Å². The Kier molecular flexibility index (Phi) is 6.78. The molecule has 2 aromatic rings. The van der Waals surface area contributed by atoms with Crippen molar-refractivity contribution < 1.29 is 23.7 Å². The molecule has 1 fully saturated rings.